The minimum Gasteiger partial charge on any atom is -0.495 e. The molecular weight excluding hydrogens is 364 g/mol. The number of nitrogens with zero attached hydrogens (tertiary/aromatic N) is 1. The maximum absolute atomic E-state index is 11.2. The molecule has 0 atom stereocenters. The van der Waals surface area contributed by atoms with Crippen molar-refractivity contribution in [3.8, 4) is 11.5 Å². The lowest BCUT2D eigenvalue weighted by atomic mass is 10.2. The third-order valence-electron chi connectivity index (χ3n) is 2.97. The van der Waals surface area contributed by atoms with Gasteiger partial charge in [0.1, 0.15) is 17.2 Å². The highest BCUT2D eigenvalue weighted by Gasteiger charge is 2.18. The van der Waals surface area contributed by atoms with Crippen molar-refractivity contribution in [3.05, 3.63) is 51.0 Å². The third kappa shape index (κ3) is 4.35. The van der Waals surface area contributed by atoms with Gasteiger partial charge in [0.25, 0.3) is 5.69 Å². The fraction of sp³-hybridized carbons (Fsp3) is 0.250. The molecule has 0 aliphatic heterocycles. The molecule has 23 heavy (non-hydrogen) atoms. The summed E-state index contributed by atoms with van der Waals surface area (Å²) >= 11 is 3.34. The lowest BCUT2D eigenvalue weighted by Crippen LogP contribution is -2.05. The summed E-state index contributed by atoms with van der Waals surface area (Å²) in [5, 5.41) is 14.3. The predicted octanol–water partition coefficient (Wildman–Crippen LogP) is 4.90. The molecule has 0 unspecified atom stereocenters. The summed E-state index contributed by atoms with van der Waals surface area (Å²) in [4.78, 5) is 10.8. The maximum Gasteiger partial charge on any atom is 0.296 e. The van der Waals surface area contributed by atoms with E-state index in [-0.39, 0.29) is 11.8 Å². The third-order valence-corrected chi connectivity index (χ3v) is 3.59. The number of hydrogen-bond acceptors (Lipinski definition) is 5. The van der Waals surface area contributed by atoms with E-state index in [0.717, 1.165) is 11.4 Å². The minimum absolute atomic E-state index is 0.0624. The molecule has 0 spiro atoms. The van der Waals surface area contributed by atoms with E-state index in [1.165, 1.54) is 13.2 Å². The normalized spacial score (nSPS) is 10.5. The number of benzene rings is 2. The van der Waals surface area contributed by atoms with Gasteiger partial charge in [-0.25, -0.2) is 0 Å². The van der Waals surface area contributed by atoms with E-state index in [9.17, 15) is 10.1 Å². The van der Waals surface area contributed by atoms with Gasteiger partial charge in [-0.05, 0) is 60.1 Å². The molecule has 0 heterocycles. The molecule has 0 aliphatic carbocycles. The smallest absolute Gasteiger partial charge is 0.296 e. The number of nitro benzene ring substituents is 1. The summed E-state index contributed by atoms with van der Waals surface area (Å²) in [6.07, 6.45) is 0.0902. The molecule has 0 amide bonds. The first-order valence-corrected chi connectivity index (χ1v) is 7.75. The highest BCUT2D eigenvalue weighted by Crippen LogP contribution is 2.37. The summed E-state index contributed by atoms with van der Waals surface area (Å²) in [5.41, 5.74) is 1.04. The first kappa shape index (κ1) is 17.1. The Hall–Kier alpha value is -2.28. The van der Waals surface area contributed by atoms with Crippen LogP contribution in [0.1, 0.15) is 13.8 Å². The number of nitrogens with one attached hydrogen (secondary N) is 1. The van der Waals surface area contributed by atoms with Crippen LogP contribution in [0.2, 0.25) is 0 Å². The van der Waals surface area contributed by atoms with Crippen molar-refractivity contribution >= 4 is 33.0 Å². The predicted molar refractivity (Wildman–Crippen MR) is 92.8 cm³/mol. The Morgan fingerprint density at radius 2 is 1.87 bits per heavy atom. The number of methoxy groups -OCH3 is 1. The van der Waals surface area contributed by atoms with Crippen LogP contribution in [0.5, 0.6) is 11.5 Å². The van der Waals surface area contributed by atoms with Gasteiger partial charge in [-0.3, -0.25) is 10.1 Å². The molecule has 0 aliphatic rings. The van der Waals surface area contributed by atoms with Crippen LogP contribution in [0.15, 0.2) is 40.9 Å². The fourth-order valence-electron chi connectivity index (χ4n) is 1.99. The van der Waals surface area contributed by atoms with Crippen molar-refractivity contribution in [2.24, 2.45) is 0 Å². The molecule has 0 bridgehead atoms. The lowest BCUT2D eigenvalue weighted by molar-refractivity contribution is -0.384. The van der Waals surface area contributed by atoms with E-state index in [1.54, 1.807) is 18.2 Å². The second-order valence-electron chi connectivity index (χ2n) is 5.08. The largest absolute Gasteiger partial charge is 0.495 e. The van der Waals surface area contributed by atoms with Gasteiger partial charge < -0.3 is 14.8 Å². The molecule has 6 nitrogen and oxygen atoms in total. The topological polar surface area (TPSA) is 73.6 Å². The van der Waals surface area contributed by atoms with Gasteiger partial charge in [0.05, 0.1) is 28.7 Å². The van der Waals surface area contributed by atoms with Crippen LogP contribution in [0.4, 0.5) is 17.1 Å². The van der Waals surface area contributed by atoms with Crippen molar-refractivity contribution in [2.75, 3.05) is 12.4 Å². The zero-order valence-electron chi connectivity index (χ0n) is 13.0. The van der Waals surface area contributed by atoms with Crippen LogP contribution in [-0.2, 0) is 0 Å². The molecule has 2 rings (SSSR count). The monoisotopic (exact) mass is 380 g/mol. The first-order valence-electron chi connectivity index (χ1n) is 6.96. The van der Waals surface area contributed by atoms with Gasteiger partial charge >= 0.3 is 0 Å². The van der Waals surface area contributed by atoms with E-state index in [1.807, 2.05) is 26.0 Å². The molecule has 0 radical (unpaired) electrons. The second-order valence-corrected chi connectivity index (χ2v) is 5.93. The molecule has 0 saturated carbocycles. The van der Waals surface area contributed by atoms with Crippen molar-refractivity contribution in [1.29, 1.82) is 0 Å². The minimum atomic E-state index is -0.451. The fourth-order valence-corrected chi connectivity index (χ4v) is 2.50. The summed E-state index contributed by atoms with van der Waals surface area (Å²) in [6, 6.07) is 10.2. The molecule has 2 aromatic rings. The van der Waals surface area contributed by atoms with Gasteiger partial charge in [-0.15, -0.1) is 0 Å². The standard InChI is InChI=1S/C16H17BrN2O4/c1-10(2)23-12-6-4-11(5-7-12)18-14-8-13(17)16(22-3)9-15(14)19(20)21/h4-10,18H,1-3H3. The second kappa shape index (κ2) is 7.32. The number of ether oxygens (including phenoxy) is 2. The molecule has 0 aromatic heterocycles. The van der Waals surface area contributed by atoms with Gasteiger partial charge in [-0.1, -0.05) is 0 Å². The van der Waals surface area contributed by atoms with Crippen LogP contribution < -0.4 is 14.8 Å². The van der Waals surface area contributed by atoms with Crippen molar-refractivity contribution in [3.63, 3.8) is 0 Å². The Labute approximate surface area is 142 Å². The molecule has 7 heteroatoms. The first-order chi connectivity index (χ1) is 10.9. The zero-order valence-corrected chi connectivity index (χ0v) is 14.6. The average molecular weight is 381 g/mol. The summed E-state index contributed by atoms with van der Waals surface area (Å²) < 4.78 is 11.3. The van der Waals surface area contributed by atoms with E-state index in [4.69, 9.17) is 9.47 Å². The zero-order chi connectivity index (χ0) is 17.0. The van der Waals surface area contributed by atoms with E-state index in [0.29, 0.717) is 15.9 Å². The molecule has 1 N–H and O–H groups in total. The average Bonchev–Trinajstić information content (AvgIpc) is 2.48. The summed E-state index contributed by atoms with van der Waals surface area (Å²) in [7, 11) is 1.46. The number of nitro groups is 1. The number of anilines is 2. The molecule has 2 aromatic carbocycles. The number of halogens is 1. The number of rotatable bonds is 6. The Kier molecular flexibility index (Phi) is 5.44. The van der Waals surface area contributed by atoms with Crippen molar-refractivity contribution < 1.29 is 14.4 Å². The Morgan fingerprint density at radius 1 is 1.22 bits per heavy atom. The van der Waals surface area contributed by atoms with Gasteiger partial charge in [0, 0.05) is 5.69 Å². The maximum atomic E-state index is 11.2. The van der Waals surface area contributed by atoms with Gasteiger partial charge in [0.15, 0.2) is 0 Å². The number of hydrogen-bond donors (Lipinski definition) is 1. The van der Waals surface area contributed by atoms with Crippen LogP contribution in [0.3, 0.4) is 0 Å². The highest BCUT2D eigenvalue weighted by molar-refractivity contribution is 9.10. The van der Waals surface area contributed by atoms with E-state index >= 15 is 0 Å². The lowest BCUT2D eigenvalue weighted by Gasteiger charge is -2.12. The highest BCUT2D eigenvalue weighted by atomic mass is 79.9. The van der Waals surface area contributed by atoms with Crippen molar-refractivity contribution in [1.82, 2.24) is 0 Å². The Balaban J connectivity index is 2.28. The summed E-state index contributed by atoms with van der Waals surface area (Å²) in [5.74, 6) is 1.15. The molecule has 0 fully saturated rings. The Bertz CT molecular complexity index is 702. The SMILES string of the molecule is COc1cc([N+](=O)[O-])c(Nc2ccc(OC(C)C)cc2)cc1Br. The van der Waals surface area contributed by atoms with Crippen LogP contribution in [0, 0.1) is 10.1 Å². The quantitative estimate of drug-likeness (QED) is 0.569. The van der Waals surface area contributed by atoms with Crippen LogP contribution in [-0.4, -0.2) is 18.1 Å². The molecular formula is C16H17BrN2O4. The van der Waals surface area contributed by atoms with Crippen LogP contribution >= 0.6 is 15.9 Å². The van der Waals surface area contributed by atoms with Crippen molar-refractivity contribution in [2.45, 2.75) is 20.0 Å². The molecule has 0 saturated heterocycles. The van der Waals surface area contributed by atoms with Gasteiger partial charge in [0.2, 0.25) is 0 Å². The Morgan fingerprint density at radius 3 is 2.39 bits per heavy atom. The molecule has 122 valence electrons. The van der Waals surface area contributed by atoms with Crippen LogP contribution in [0.25, 0.3) is 0 Å². The van der Waals surface area contributed by atoms with E-state index < -0.39 is 4.92 Å². The van der Waals surface area contributed by atoms with E-state index in [2.05, 4.69) is 21.2 Å². The van der Waals surface area contributed by atoms with Gasteiger partial charge in [-0.2, -0.15) is 0 Å². The summed E-state index contributed by atoms with van der Waals surface area (Å²) in [6.45, 7) is 3.90.